The SMILES string of the molecule is CCC(C(=O)NCCN(C)C)n1ncc2c(=O)oc3ccccc3c21. The van der Waals surface area contributed by atoms with Crippen molar-refractivity contribution >= 4 is 27.8 Å². The molecule has 0 saturated heterocycles. The monoisotopic (exact) mass is 342 g/mol. The van der Waals surface area contributed by atoms with Crippen LogP contribution >= 0.6 is 0 Å². The number of hydrogen-bond acceptors (Lipinski definition) is 5. The molecule has 7 heteroatoms. The Balaban J connectivity index is 2.04. The number of amides is 1. The van der Waals surface area contributed by atoms with Crippen LogP contribution in [0.5, 0.6) is 0 Å². The summed E-state index contributed by atoms with van der Waals surface area (Å²) in [5.41, 5.74) is 0.689. The zero-order chi connectivity index (χ0) is 18.0. The average molecular weight is 342 g/mol. The van der Waals surface area contributed by atoms with Gasteiger partial charge in [0, 0.05) is 18.5 Å². The van der Waals surface area contributed by atoms with Crippen molar-refractivity contribution in [2.24, 2.45) is 0 Å². The maximum Gasteiger partial charge on any atom is 0.347 e. The van der Waals surface area contributed by atoms with E-state index in [1.54, 1.807) is 10.7 Å². The maximum absolute atomic E-state index is 12.6. The molecule has 0 radical (unpaired) electrons. The van der Waals surface area contributed by atoms with Gasteiger partial charge >= 0.3 is 5.63 Å². The molecule has 0 bridgehead atoms. The van der Waals surface area contributed by atoms with E-state index in [0.717, 1.165) is 11.9 Å². The minimum absolute atomic E-state index is 0.105. The molecule has 1 unspecified atom stereocenters. The first-order chi connectivity index (χ1) is 12.0. The summed E-state index contributed by atoms with van der Waals surface area (Å²) in [6, 6.07) is 6.81. The number of nitrogens with zero attached hydrogens (tertiary/aromatic N) is 3. The van der Waals surface area contributed by atoms with Gasteiger partial charge in [-0.1, -0.05) is 19.1 Å². The van der Waals surface area contributed by atoms with Crippen molar-refractivity contribution in [1.82, 2.24) is 20.0 Å². The number of nitrogens with one attached hydrogen (secondary N) is 1. The van der Waals surface area contributed by atoms with Crippen LogP contribution in [0.2, 0.25) is 0 Å². The average Bonchev–Trinajstić information content (AvgIpc) is 3.01. The second-order valence-corrected chi connectivity index (χ2v) is 6.26. The highest BCUT2D eigenvalue weighted by atomic mass is 16.4. The van der Waals surface area contributed by atoms with Gasteiger partial charge in [-0.25, -0.2) is 4.79 Å². The van der Waals surface area contributed by atoms with Crippen molar-refractivity contribution < 1.29 is 9.21 Å². The van der Waals surface area contributed by atoms with Crippen LogP contribution in [0.25, 0.3) is 21.9 Å². The second-order valence-electron chi connectivity index (χ2n) is 6.26. The van der Waals surface area contributed by atoms with Gasteiger partial charge in [0.1, 0.15) is 17.0 Å². The number of carbonyl (C=O) groups is 1. The molecule has 1 aromatic carbocycles. The zero-order valence-electron chi connectivity index (χ0n) is 14.7. The van der Waals surface area contributed by atoms with Crippen molar-refractivity contribution in [3.8, 4) is 0 Å². The van der Waals surface area contributed by atoms with E-state index in [4.69, 9.17) is 4.42 Å². The Bertz CT molecular complexity index is 958. The normalized spacial score (nSPS) is 12.8. The second kappa shape index (κ2) is 7.06. The Hall–Kier alpha value is -2.67. The third-order valence-corrected chi connectivity index (χ3v) is 4.20. The predicted molar refractivity (Wildman–Crippen MR) is 96.7 cm³/mol. The van der Waals surface area contributed by atoms with Crippen molar-refractivity contribution in [2.75, 3.05) is 27.2 Å². The number of rotatable bonds is 6. The van der Waals surface area contributed by atoms with Crippen LogP contribution in [0.15, 0.2) is 39.7 Å². The summed E-state index contributed by atoms with van der Waals surface area (Å²) in [4.78, 5) is 26.8. The molecular formula is C18H22N4O3. The van der Waals surface area contributed by atoms with Crippen molar-refractivity contribution in [3.05, 3.63) is 40.9 Å². The molecule has 0 aliphatic rings. The van der Waals surface area contributed by atoms with Gasteiger partial charge in [0.15, 0.2) is 0 Å². The first-order valence-corrected chi connectivity index (χ1v) is 8.34. The number of likely N-dealkylation sites (N-methyl/N-ethyl adjacent to an activating group) is 1. The molecule has 0 aliphatic carbocycles. The summed E-state index contributed by atoms with van der Waals surface area (Å²) in [6.07, 6.45) is 2.04. The minimum Gasteiger partial charge on any atom is -0.422 e. The van der Waals surface area contributed by atoms with E-state index < -0.39 is 11.7 Å². The topological polar surface area (TPSA) is 80.4 Å². The van der Waals surface area contributed by atoms with Crippen LogP contribution in [0.1, 0.15) is 19.4 Å². The van der Waals surface area contributed by atoms with E-state index in [-0.39, 0.29) is 5.91 Å². The summed E-state index contributed by atoms with van der Waals surface area (Å²) in [5.74, 6) is -0.105. The molecule has 0 saturated carbocycles. The fourth-order valence-corrected chi connectivity index (χ4v) is 2.91. The highest BCUT2D eigenvalue weighted by Crippen LogP contribution is 2.26. The number of fused-ring (bicyclic) bond motifs is 3. The molecule has 2 aromatic heterocycles. The van der Waals surface area contributed by atoms with Gasteiger partial charge in [-0.05, 0) is 32.6 Å². The van der Waals surface area contributed by atoms with Crippen molar-refractivity contribution in [1.29, 1.82) is 0 Å². The molecule has 0 aliphatic heterocycles. The molecule has 1 N–H and O–H groups in total. The third-order valence-electron chi connectivity index (χ3n) is 4.20. The van der Waals surface area contributed by atoms with E-state index in [9.17, 15) is 9.59 Å². The maximum atomic E-state index is 12.6. The molecule has 25 heavy (non-hydrogen) atoms. The van der Waals surface area contributed by atoms with Crippen LogP contribution < -0.4 is 10.9 Å². The number of carbonyl (C=O) groups excluding carboxylic acids is 1. The lowest BCUT2D eigenvalue weighted by Crippen LogP contribution is -2.36. The summed E-state index contributed by atoms with van der Waals surface area (Å²) >= 11 is 0. The molecule has 1 atom stereocenters. The van der Waals surface area contributed by atoms with Crippen molar-refractivity contribution in [3.63, 3.8) is 0 Å². The fourth-order valence-electron chi connectivity index (χ4n) is 2.91. The van der Waals surface area contributed by atoms with E-state index in [2.05, 4.69) is 10.4 Å². The highest BCUT2D eigenvalue weighted by molar-refractivity contribution is 6.02. The summed E-state index contributed by atoms with van der Waals surface area (Å²) in [7, 11) is 3.91. The zero-order valence-corrected chi connectivity index (χ0v) is 14.7. The lowest BCUT2D eigenvalue weighted by molar-refractivity contribution is -0.124. The Morgan fingerprint density at radius 3 is 2.80 bits per heavy atom. The summed E-state index contributed by atoms with van der Waals surface area (Å²) in [6.45, 7) is 3.25. The van der Waals surface area contributed by atoms with Gasteiger partial charge in [-0.15, -0.1) is 0 Å². The molecule has 3 rings (SSSR count). The molecule has 132 valence electrons. The Morgan fingerprint density at radius 2 is 2.08 bits per heavy atom. The number of benzene rings is 1. The molecule has 0 spiro atoms. The van der Waals surface area contributed by atoms with Gasteiger partial charge in [-0.3, -0.25) is 9.48 Å². The molecule has 3 aromatic rings. The lowest BCUT2D eigenvalue weighted by Gasteiger charge is -2.18. The molecule has 1 amide bonds. The van der Waals surface area contributed by atoms with Crippen LogP contribution in [0.3, 0.4) is 0 Å². The molecule has 7 nitrogen and oxygen atoms in total. The number of hydrogen-bond donors (Lipinski definition) is 1. The first kappa shape index (κ1) is 17.2. The van der Waals surface area contributed by atoms with Crippen molar-refractivity contribution in [2.45, 2.75) is 19.4 Å². The van der Waals surface area contributed by atoms with E-state index >= 15 is 0 Å². The fraction of sp³-hybridized carbons (Fsp3) is 0.389. The lowest BCUT2D eigenvalue weighted by atomic mass is 10.1. The Morgan fingerprint density at radius 1 is 1.32 bits per heavy atom. The predicted octanol–water partition coefficient (Wildman–Crippen LogP) is 1.77. The first-order valence-electron chi connectivity index (χ1n) is 8.34. The highest BCUT2D eigenvalue weighted by Gasteiger charge is 2.23. The largest absolute Gasteiger partial charge is 0.422 e. The van der Waals surface area contributed by atoms with Gasteiger partial charge in [0.05, 0.1) is 11.7 Å². The Labute approximate surface area is 145 Å². The quantitative estimate of drug-likeness (QED) is 0.691. The standard InChI is InChI=1S/C18H22N4O3/c1-4-14(17(23)19-9-10-21(2)3)22-16-12-7-5-6-8-15(12)25-18(24)13(16)11-20-22/h5-8,11,14H,4,9-10H2,1-3H3,(H,19,23). The van der Waals surface area contributed by atoms with Crippen LogP contribution in [-0.4, -0.2) is 47.8 Å². The molecule has 2 heterocycles. The van der Waals surface area contributed by atoms with Gasteiger partial charge in [-0.2, -0.15) is 5.10 Å². The van der Waals surface area contributed by atoms with E-state index in [1.165, 1.54) is 6.20 Å². The molecule has 0 fully saturated rings. The van der Waals surface area contributed by atoms with E-state index in [0.29, 0.717) is 29.5 Å². The van der Waals surface area contributed by atoms with Gasteiger partial charge in [0.25, 0.3) is 0 Å². The summed E-state index contributed by atoms with van der Waals surface area (Å²) in [5, 5.41) is 8.42. The molecular weight excluding hydrogens is 320 g/mol. The third kappa shape index (κ3) is 3.28. The minimum atomic E-state index is -0.482. The Kier molecular flexibility index (Phi) is 4.85. The van der Waals surface area contributed by atoms with Crippen LogP contribution in [0, 0.1) is 0 Å². The number of aromatic nitrogens is 2. The van der Waals surface area contributed by atoms with Gasteiger partial charge in [0.2, 0.25) is 5.91 Å². The smallest absolute Gasteiger partial charge is 0.347 e. The summed E-state index contributed by atoms with van der Waals surface area (Å²) < 4.78 is 6.98. The number of para-hydroxylation sites is 1. The van der Waals surface area contributed by atoms with Gasteiger partial charge < -0.3 is 14.6 Å². The van der Waals surface area contributed by atoms with Crippen LogP contribution in [-0.2, 0) is 4.79 Å². The van der Waals surface area contributed by atoms with Crippen LogP contribution in [0.4, 0.5) is 0 Å². The van der Waals surface area contributed by atoms with E-state index in [1.807, 2.05) is 44.1 Å².